The van der Waals surface area contributed by atoms with E-state index in [0.29, 0.717) is 17.5 Å². The molecule has 0 radical (unpaired) electrons. The van der Waals surface area contributed by atoms with Gasteiger partial charge in [0.15, 0.2) is 0 Å². The fraction of sp³-hybridized carbons (Fsp3) is 0.500. The van der Waals surface area contributed by atoms with Crippen molar-refractivity contribution in [2.24, 2.45) is 11.1 Å². The molecule has 2 rings (SSSR count). The topological polar surface area (TPSA) is 41.9 Å². The lowest BCUT2D eigenvalue weighted by Gasteiger charge is -2.34. The van der Waals surface area contributed by atoms with Crippen molar-refractivity contribution in [2.45, 2.75) is 33.2 Å². The highest BCUT2D eigenvalue weighted by atomic mass is 16.7. The highest BCUT2D eigenvalue weighted by molar-refractivity contribution is 5.92. The molecule has 4 nitrogen and oxygen atoms in total. The fourth-order valence-electron chi connectivity index (χ4n) is 2.43. The molecule has 1 heterocycles. The SMILES string of the molecule is Cc1cccc(C(=O)O/N=C2/C[C@H](C)N(C)C[C@H]2C)c1. The van der Waals surface area contributed by atoms with Crippen LogP contribution in [-0.2, 0) is 4.84 Å². The maximum absolute atomic E-state index is 12.0. The van der Waals surface area contributed by atoms with E-state index in [-0.39, 0.29) is 5.97 Å². The van der Waals surface area contributed by atoms with Gasteiger partial charge in [-0.15, -0.1) is 0 Å². The normalized spacial score (nSPS) is 25.7. The van der Waals surface area contributed by atoms with Crippen LogP contribution in [0.5, 0.6) is 0 Å². The van der Waals surface area contributed by atoms with Gasteiger partial charge < -0.3 is 9.74 Å². The van der Waals surface area contributed by atoms with Crippen molar-refractivity contribution in [3.05, 3.63) is 35.4 Å². The van der Waals surface area contributed by atoms with Crippen molar-refractivity contribution in [3.63, 3.8) is 0 Å². The van der Waals surface area contributed by atoms with Crippen LogP contribution in [0.2, 0.25) is 0 Å². The lowest BCUT2D eigenvalue weighted by atomic mass is 9.93. The summed E-state index contributed by atoms with van der Waals surface area (Å²) in [5, 5.41) is 4.10. The molecule has 0 N–H and O–H groups in total. The quantitative estimate of drug-likeness (QED) is 0.615. The largest absolute Gasteiger partial charge is 0.365 e. The molecule has 0 aromatic heterocycles. The Morgan fingerprint density at radius 3 is 2.85 bits per heavy atom. The molecule has 0 amide bonds. The summed E-state index contributed by atoms with van der Waals surface area (Å²) in [6.45, 7) is 7.16. The molecule has 20 heavy (non-hydrogen) atoms. The van der Waals surface area contributed by atoms with Crippen LogP contribution in [0.3, 0.4) is 0 Å². The lowest BCUT2D eigenvalue weighted by molar-refractivity contribution is 0.0508. The second kappa shape index (κ2) is 6.18. The van der Waals surface area contributed by atoms with Crippen LogP contribution in [0, 0.1) is 12.8 Å². The van der Waals surface area contributed by atoms with Gasteiger partial charge in [0.05, 0.1) is 11.3 Å². The first-order valence-corrected chi connectivity index (χ1v) is 7.02. The first-order chi connectivity index (χ1) is 9.47. The molecule has 0 spiro atoms. The van der Waals surface area contributed by atoms with Gasteiger partial charge in [-0.1, -0.05) is 29.8 Å². The summed E-state index contributed by atoms with van der Waals surface area (Å²) in [5.41, 5.74) is 2.55. The minimum absolute atomic E-state index is 0.321. The number of rotatable bonds is 2. The lowest BCUT2D eigenvalue weighted by Crippen LogP contribution is -2.43. The maximum Gasteiger partial charge on any atom is 0.365 e. The Morgan fingerprint density at radius 1 is 1.40 bits per heavy atom. The van der Waals surface area contributed by atoms with Gasteiger partial charge in [0.25, 0.3) is 0 Å². The number of oxime groups is 1. The zero-order valence-corrected chi connectivity index (χ0v) is 12.6. The summed E-state index contributed by atoms with van der Waals surface area (Å²) in [7, 11) is 2.11. The molecular formula is C16H22N2O2. The Hall–Kier alpha value is -1.68. The van der Waals surface area contributed by atoms with Crippen molar-refractivity contribution in [2.75, 3.05) is 13.6 Å². The van der Waals surface area contributed by atoms with Crippen LogP contribution in [0.25, 0.3) is 0 Å². The van der Waals surface area contributed by atoms with Gasteiger partial charge in [-0.3, -0.25) is 0 Å². The van der Waals surface area contributed by atoms with E-state index >= 15 is 0 Å². The Bertz CT molecular complexity index is 525. The molecule has 1 aliphatic rings. The number of aryl methyl sites for hydroxylation is 1. The third kappa shape index (κ3) is 3.45. The number of likely N-dealkylation sites (tertiary alicyclic amines) is 1. The van der Waals surface area contributed by atoms with Crippen molar-refractivity contribution in [1.82, 2.24) is 4.90 Å². The predicted molar refractivity (Wildman–Crippen MR) is 79.9 cm³/mol. The number of hydrogen-bond donors (Lipinski definition) is 0. The van der Waals surface area contributed by atoms with E-state index in [0.717, 1.165) is 24.2 Å². The molecule has 1 saturated heterocycles. The fourth-order valence-corrected chi connectivity index (χ4v) is 2.43. The van der Waals surface area contributed by atoms with Crippen LogP contribution in [0.4, 0.5) is 0 Å². The van der Waals surface area contributed by atoms with Crippen molar-refractivity contribution in [1.29, 1.82) is 0 Å². The zero-order chi connectivity index (χ0) is 14.7. The number of benzene rings is 1. The number of carbonyl (C=O) groups excluding carboxylic acids is 1. The van der Waals surface area contributed by atoms with Crippen LogP contribution < -0.4 is 0 Å². The number of hydrogen-bond acceptors (Lipinski definition) is 4. The second-order valence-electron chi connectivity index (χ2n) is 5.72. The summed E-state index contributed by atoms with van der Waals surface area (Å²) in [6.07, 6.45) is 0.846. The van der Waals surface area contributed by atoms with Crippen molar-refractivity contribution < 1.29 is 9.63 Å². The van der Waals surface area contributed by atoms with E-state index < -0.39 is 0 Å². The van der Waals surface area contributed by atoms with Gasteiger partial charge in [-0.05, 0) is 33.0 Å². The molecule has 1 aliphatic heterocycles. The molecule has 0 saturated carbocycles. The van der Waals surface area contributed by atoms with Crippen LogP contribution in [0.15, 0.2) is 29.4 Å². The molecule has 108 valence electrons. The molecule has 1 aromatic rings. The molecule has 1 aromatic carbocycles. The number of nitrogens with zero attached hydrogens (tertiary/aromatic N) is 2. The van der Waals surface area contributed by atoms with Gasteiger partial charge in [-0.2, -0.15) is 0 Å². The van der Waals surface area contributed by atoms with E-state index in [2.05, 4.69) is 31.0 Å². The van der Waals surface area contributed by atoms with E-state index in [1.807, 2.05) is 25.1 Å². The Labute approximate surface area is 120 Å². The first-order valence-electron chi connectivity index (χ1n) is 7.02. The minimum atomic E-state index is -0.389. The summed E-state index contributed by atoms with van der Waals surface area (Å²) in [4.78, 5) is 19.4. The highest BCUT2D eigenvalue weighted by Gasteiger charge is 2.26. The highest BCUT2D eigenvalue weighted by Crippen LogP contribution is 2.18. The van der Waals surface area contributed by atoms with Crippen LogP contribution in [0.1, 0.15) is 36.2 Å². The third-order valence-electron chi connectivity index (χ3n) is 3.89. The smallest absolute Gasteiger partial charge is 0.313 e. The van der Waals surface area contributed by atoms with Gasteiger partial charge in [0.2, 0.25) is 0 Å². The van der Waals surface area contributed by atoms with E-state index in [4.69, 9.17) is 4.84 Å². The van der Waals surface area contributed by atoms with Gasteiger partial charge in [0, 0.05) is 24.9 Å². The molecule has 1 fully saturated rings. The molecule has 0 unspecified atom stereocenters. The average molecular weight is 274 g/mol. The van der Waals surface area contributed by atoms with E-state index in [1.165, 1.54) is 0 Å². The second-order valence-corrected chi connectivity index (χ2v) is 5.72. The summed E-state index contributed by atoms with van der Waals surface area (Å²) in [6, 6.07) is 7.78. The zero-order valence-electron chi connectivity index (χ0n) is 12.6. The summed E-state index contributed by atoms with van der Waals surface area (Å²) >= 11 is 0. The molecule has 4 heteroatoms. The Kier molecular flexibility index (Phi) is 4.55. The van der Waals surface area contributed by atoms with Gasteiger partial charge in [0.1, 0.15) is 0 Å². The molecule has 0 bridgehead atoms. The molecular weight excluding hydrogens is 252 g/mol. The first kappa shape index (κ1) is 14.7. The number of piperidine rings is 1. The third-order valence-corrected chi connectivity index (χ3v) is 3.89. The standard InChI is InChI=1S/C16H22N2O2/c1-11-6-5-7-14(8-11)16(19)20-17-15-9-13(3)18(4)10-12(15)2/h5-8,12-13H,9-10H2,1-4H3/b17-15-/t12-,13+/m1/s1. The van der Waals surface area contributed by atoms with Crippen LogP contribution in [-0.4, -0.2) is 36.2 Å². The van der Waals surface area contributed by atoms with Crippen molar-refractivity contribution >= 4 is 11.7 Å². The van der Waals surface area contributed by atoms with Gasteiger partial charge >= 0.3 is 5.97 Å². The number of carbonyl (C=O) groups is 1. The van der Waals surface area contributed by atoms with Crippen LogP contribution >= 0.6 is 0 Å². The van der Waals surface area contributed by atoms with Crippen molar-refractivity contribution in [3.8, 4) is 0 Å². The summed E-state index contributed by atoms with van der Waals surface area (Å²) in [5.74, 6) is -0.0681. The van der Waals surface area contributed by atoms with Gasteiger partial charge in [-0.25, -0.2) is 4.79 Å². The monoisotopic (exact) mass is 274 g/mol. The Balaban J connectivity index is 2.03. The van der Waals surface area contributed by atoms with E-state index in [9.17, 15) is 4.79 Å². The minimum Gasteiger partial charge on any atom is -0.313 e. The molecule has 2 atom stereocenters. The predicted octanol–water partition coefficient (Wildman–Crippen LogP) is 2.87. The molecule has 0 aliphatic carbocycles. The Morgan fingerprint density at radius 2 is 2.15 bits per heavy atom. The summed E-state index contributed by atoms with van der Waals surface area (Å²) < 4.78 is 0. The van der Waals surface area contributed by atoms with E-state index in [1.54, 1.807) is 6.07 Å². The average Bonchev–Trinajstić information content (AvgIpc) is 2.41. The maximum atomic E-state index is 12.0.